The van der Waals surface area contributed by atoms with Gasteiger partial charge in [-0.2, -0.15) is 0 Å². The first-order valence-corrected chi connectivity index (χ1v) is 6.85. The van der Waals surface area contributed by atoms with Crippen LogP contribution in [0.5, 0.6) is 0 Å². The fraction of sp³-hybridized carbons (Fsp3) is 0.571. The van der Waals surface area contributed by atoms with Crippen molar-refractivity contribution < 1.29 is 9.66 Å². The van der Waals surface area contributed by atoms with E-state index in [1.165, 1.54) is 0 Å². The van der Waals surface area contributed by atoms with E-state index in [2.05, 4.69) is 17.3 Å². The highest BCUT2D eigenvalue weighted by atomic mass is 16.6. The van der Waals surface area contributed by atoms with Gasteiger partial charge in [-0.1, -0.05) is 6.07 Å². The van der Waals surface area contributed by atoms with E-state index in [4.69, 9.17) is 4.74 Å². The van der Waals surface area contributed by atoms with E-state index in [0.717, 1.165) is 38.2 Å². The van der Waals surface area contributed by atoms with E-state index in [9.17, 15) is 10.1 Å². The van der Waals surface area contributed by atoms with Gasteiger partial charge in [0.25, 0.3) is 5.69 Å². The summed E-state index contributed by atoms with van der Waals surface area (Å²) in [4.78, 5) is 12.8. The van der Waals surface area contributed by atoms with Crippen molar-refractivity contribution in [2.75, 3.05) is 32.6 Å². The summed E-state index contributed by atoms with van der Waals surface area (Å²) in [6.45, 7) is 2.42. The zero-order valence-corrected chi connectivity index (χ0v) is 12.0. The molecule has 1 aromatic carbocycles. The molecule has 0 atom stereocenters. The van der Waals surface area contributed by atoms with Crippen LogP contribution in [0.3, 0.4) is 0 Å². The maximum absolute atomic E-state index is 10.9. The largest absolute Gasteiger partial charge is 0.383 e. The molecule has 0 aromatic heterocycles. The lowest BCUT2D eigenvalue weighted by atomic mass is 10.1. The predicted molar refractivity (Wildman–Crippen MR) is 78.0 cm³/mol. The van der Waals surface area contributed by atoms with E-state index < -0.39 is 0 Å². The number of nitro groups is 1. The molecule has 20 heavy (non-hydrogen) atoms. The van der Waals surface area contributed by atoms with Crippen LogP contribution in [-0.4, -0.2) is 43.2 Å². The second-order valence-electron chi connectivity index (χ2n) is 5.12. The van der Waals surface area contributed by atoms with Crippen molar-refractivity contribution in [3.8, 4) is 0 Å². The molecule has 0 bridgehead atoms. The minimum Gasteiger partial charge on any atom is -0.383 e. The first-order chi connectivity index (χ1) is 9.61. The highest BCUT2D eigenvalue weighted by Crippen LogP contribution is 2.26. The summed E-state index contributed by atoms with van der Waals surface area (Å²) in [5.41, 5.74) is 1.76. The smallest absolute Gasteiger partial charge is 0.292 e. The van der Waals surface area contributed by atoms with Crippen LogP contribution >= 0.6 is 0 Å². The summed E-state index contributed by atoms with van der Waals surface area (Å²) in [6, 6.07) is 5.78. The minimum atomic E-state index is -0.363. The highest BCUT2D eigenvalue weighted by Gasteiger charge is 2.19. The molecule has 0 aliphatic carbocycles. The fourth-order valence-electron chi connectivity index (χ4n) is 2.58. The van der Waals surface area contributed by atoms with E-state index >= 15 is 0 Å². The van der Waals surface area contributed by atoms with Gasteiger partial charge in [0.05, 0.1) is 4.92 Å². The topological polar surface area (TPSA) is 67.6 Å². The Kier molecular flexibility index (Phi) is 4.92. The molecule has 1 heterocycles. The third-order valence-electron chi connectivity index (χ3n) is 3.77. The Balaban J connectivity index is 2.07. The number of anilines is 1. The van der Waals surface area contributed by atoms with Gasteiger partial charge < -0.3 is 10.1 Å². The Hall–Kier alpha value is -1.66. The van der Waals surface area contributed by atoms with Crippen molar-refractivity contribution in [2.24, 2.45) is 0 Å². The Bertz CT molecular complexity index is 473. The SMILES string of the molecule is CNc1cc(CN(C)C2CCOCC2)ccc1[N+](=O)[O-]. The number of hydrogen-bond acceptors (Lipinski definition) is 5. The lowest BCUT2D eigenvalue weighted by Crippen LogP contribution is -2.36. The van der Waals surface area contributed by atoms with Crippen molar-refractivity contribution in [1.29, 1.82) is 0 Å². The second-order valence-corrected chi connectivity index (χ2v) is 5.12. The van der Waals surface area contributed by atoms with Gasteiger partial charge in [0.15, 0.2) is 0 Å². The Labute approximate surface area is 118 Å². The molecule has 2 rings (SSSR count). The molecule has 1 N–H and O–H groups in total. The Morgan fingerprint density at radius 1 is 1.45 bits per heavy atom. The van der Waals surface area contributed by atoms with Crippen molar-refractivity contribution in [1.82, 2.24) is 4.90 Å². The molecule has 1 aliphatic heterocycles. The van der Waals surface area contributed by atoms with E-state index in [1.807, 2.05) is 12.1 Å². The van der Waals surface area contributed by atoms with Crippen LogP contribution < -0.4 is 5.32 Å². The monoisotopic (exact) mass is 279 g/mol. The van der Waals surface area contributed by atoms with Crippen molar-refractivity contribution in [3.05, 3.63) is 33.9 Å². The minimum absolute atomic E-state index is 0.116. The summed E-state index contributed by atoms with van der Waals surface area (Å²) < 4.78 is 5.37. The standard InChI is InChI=1S/C14H21N3O3/c1-15-13-9-11(3-4-14(13)17(18)19)10-16(2)12-5-7-20-8-6-12/h3-4,9,12,15H,5-8,10H2,1-2H3. The molecule has 0 saturated carbocycles. The summed E-state index contributed by atoms with van der Waals surface area (Å²) in [5, 5.41) is 13.8. The number of rotatable bonds is 5. The number of hydrogen-bond donors (Lipinski definition) is 1. The molecule has 0 radical (unpaired) electrons. The molecule has 0 spiro atoms. The van der Waals surface area contributed by atoms with Crippen LogP contribution in [-0.2, 0) is 11.3 Å². The third-order valence-corrected chi connectivity index (χ3v) is 3.77. The molecule has 1 aliphatic rings. The van der Waals surface area contributed by atoms with Crippen molar-refractivity contribution in [3.63, 3.8) is 0 Å². The average Bonchev–Trinajstić information content (AvgIpc) is 2.47. The molecule has 1 aromatic rings. The fourth-order valence-corrected chi connectivity index (χ4v) is 2.58. The number of nitrogens with one attached hydrogen (secondary N) is 1. The van der Waals surface area contributed by atoms with Gasteiger partial charge in [0.1, 0.15) is 5.69 Å². The molecule has 6 nitrogen and oxygen atoms in total. The van der Waals surface area contributed by atoms with E-state index in [1.54, 1.807) is 13.1 Å². The second kappa shape index (κ2) is 6.67. The van der Waals surface area contributed by atoms with Gasteiger partial charge in [0, 0.05) is 38.9 Å². The zero-order valence-electron chi connectivity index (χ0n) is 12.0. The zero-order chi connectivity index (χ0) is 14.5. The lowest BCUT2D eigenvalue weighted by molar-refractivity contribution is -0.384. The number of nitro benzene ring substituents is 1. The molecule has 1 fully saturated rings. The first-order valence-electron chi connectivity index (χ1n) is 6.85. The third kappa shape index (κ3) is 3.46. The van der Waals surface area contributed by atoms with Gasteiger partial charge in [-0.3, -0.25) is 15.0 Å². The Morgan fingerprint density at radius 3 is 2.75 bits per heavy atom. The molecule has 110 valence electrons. The lowest BCUT2D eigenvalue weighted by Gasteiger charge is -2.31. The van der Waals surface area contributed by atoms with E-state index in [0.29, 0.717) is 11.7 Å². The molecule has 6 heteroatoms. The van der Waals surface area contributed by atoms with Crippen LogP contribution in [0.15, 0.2) is 18.2 Å². The predicted octanol–water partition coefficient (Wildman–Crippen LogP) is 2.25. The summed E-state index contributed by atoms with van der Waals surface area (Å²) in [7, 11) is 3.80. The quantitative estimate of drug-likeness (QED) is 0.661. The van der Waals surface area contributed by atoms with Crippen LogP contribution in [0, 0.1) is 10.1 Å². The van der Waals surface area contributed by atoms with Crippen LogP contribution in [0.2, 0.25) is 0 Å². The normalized spacial score (nSPS) is 16.4. The molecular formula is C14H21N3O3. The number of nitrogens with zero attached hydrogens (tertiary/aromatic N) is 2. The molecular weight excluding hydrogens is 258 g/mol. The van der Waals surface area contributed by atoms with Gasteiger partial charge in [0.2, 0.25) is 0 Å². The first kappa shape index (κ1) is 14.7. The van der Waals surface area contributed by atoms with Gasteiger partial charge in [-0.05, 0) is 31.5 Å². The summed E-state index contributed by atoms with van der Waals surface area (Å²) >= 11 is 0. The van der Waals surface area contributed by atoms with Gasteiger partial charge >= 0.3 is 0 Å². The molecule has 0 amide bonds. The number of ether oxygens (including phenoxy) is 1. The van der Waals surface area contributed by atoms with Crippen LogP contribution in [0.25, 0.3) is 0 Å². The van der Waals surface area contributed by atoms with Crippen LogP contribution in [0.4, 0.5) is 11.4 Å². The summed E-state index contributed by atoms with van der Waals surface area (Å²) in [5.74, 6) is 0. The van der Waals surface area contributed by atoms with Gasteiger partial charge in [-0.25, -0.2) is 0 Å². The number of benzene rings is 1. The average molecular weight is 279 g/mol. The summed E-state index contributed by atoms with van der Waals surface area (Å²) in [6.07, 6.45) is 2.09. The van der Waals surface area contributed by atoms with Crippen LogP contribution in [0.1, 0.15) is 18.4 Å². The maximum Gasteiger partial charge on any atom is 0.292 e. The van der Waals surface area contributed by atoms with Gasteiger partial charge in [-0.15, -0.1) is 0 Å². The van der Waals surface area contributed by atoms with Crippen molar-refractivity contribution in [2.45, 2.75) is 25.4 Å². The van der Waals surface area contributed by atoms with Crippen molar-refractivity contribution >= 4 is 11.4 Å². The van der Waals surface area contributed by atoms with E-state index in [-0.39, 0.29) is 10.6 Å². The Morgan fingerprint density at radius 2 is 2.15 bits per heavy atom. The molecule has 0 unspecified atom stereocenters. The molecule has 1 saturated heterocycles. The maximum atomic E-state index is 10.9. The highest BCUT2D eigenvalue weighted by molar-refractivity contribution is 5.62.